The van der Waals surface area contributed by atoms with E-state index in [1.807, 2.05) is 45.0 Å². The van der Waals surface area contributed by atoms with Crippen LogP contribution >= 0.6 is 0 Å². The first-order valence-electron chi connectivity index (χ1n) is 8.56. The van der Waals surface area contributed by atoms with Crippen molar-refractivity contribution in [2.24, 2.45) is 5.41 Å². The van der Waals surface area contributed by atoms with Crippen LogP contribution in [0.1, 0.15) is 45.6 Å². The molecule has 24 heavy (non-hydrogen) atoms. The Morgan fingerprint density at radius 1 is 1.17 bits per heavy atom. The molecule has 0 aromatic heterocycles. The van der Waals surface area contributed by atoms with Gasteiger partial charge in [0.15, 0.2) is 0 Å². The summed E-state index contributed by atoms with van der Waals surface area (Å²) >= 11 is 0. The second-order valence-corrected chi connectivity index (χ2v) is 6.86. The molecule has 4 nitrogen and oxygen atoms in total. The molecule has 4 heteroatoms. The summed E-state index contributed by atoms with van der Waals surface area (Å²) in [5.41, 5.74) is 0.656. The Morgan fingerprint density at radius 2 is 1.79 bits per heavy atom. The maximum absolute atomic E-state index is 10.3. The normalized spacial score (nSPS) is 15.6. The second kappa shape index (κ2) is 9.82. The number of aliphatic hydroxyl groups is 2. The highest BCUT2D eigenvalue weighted by Gasteiger charge is 2.27. The van der Waals surface area contributed by atoms with E-state index < -0.39 is 17.6 Å². The third kappa shape index (κ3) is 6.63. The van der Waals surface area contributed by atoms with Gasteiger partial charge in [-0.2, -0.15) is 0 Å². The van der Waals surface area contributed by atoms with Crippen molar-refractivity contribution in [3.05, 3.63) is 42.5 Å². The SMILES string of the molecule is C=CC(C)(C)[C@@H](O)C[C@H](O)C[C@@H](CC)OCc1ccc(OC)cc1. The van der Waals surface area contributed by atoms with Crippen LogP contribution in [0.2, 0.25) is 0 Å². The van der Waals surface area contributed by atoms with Gasteiger partial charge in [0.1, 0.15) is 5.75 Å². The molecule has 0 amide bonds. The molecule has 1 aromatic rings. The lowest BCUT2D eigenvalue weighted by atomic mass is 9.83. The van der Waals surface area contributed by atoms with Crippen LogP contribution in [0, 0.1) is 5.41 Å². The number of ether oxygens (including phenoxy) is 2. The van der Waals surface area contributed by atoms with E-state index in [9.17, 15) is 10.2 Å². The third-order valence-electron chi connectivity index (χ3n) is 4.52. The van der Waals surface area contributed by atoms with E-state index in [-0.39, 0.29) is 6.10 Å². The van der Waals surface area contributed by atoms with Crippen LogP contribution < -0.4 is 4.74 Å². The number of rotatable bonds is 11. The second-order valence-electron chi connectivity index (χ2n) is 6.86. The topological polar surface area (TPSA) is 58.9 Å². The van der Waals surface area contributed by atoms with Crippen molar-refractivity contribution in [3.63, 3.8) is 0 Å². The molecule has 1 aromatic carbocycles. The molecular weight excluding hydrogens is 304 g/mol. The summed E-state index contributed by atoms with van der Waals surface area (Å²) in [5, 5.41) is 20.5. The first-order chi connectivity index (χ1) is 11.3. The average molecular weight is 336 g/mol. The molecule has 3 atom stereocenters. The van der Waals surface area contributed by atoms with E-state index in [0.29, 0.717) is 19.4 Å². The van der Waals surface area contributed by atoms with Crippen LogP contribution in [0.5, 0.6) is 5.75 Å². The average Bonchev–Trinajstić information content (AvgIpc) is 2.58. The smallest absolute Gasteiger partial charge is 0.118 e. The van der Waals surface area contributed by atoms with Crippen molar-refractivity contribution in [2.45, 2.75) is 65.0 Å². The molecule has 0 heterocycles. The third-order valence-corrected chi connectivity index (χ3v) is 4.52. The van der Waals surface area contributed by atoms with Crippen LogP contribution in [0.25, 0.3) is 0 Å². The molecule has 0 radical (unpaired) electrons. The van der Waals surface area contributed by atoms with Crippen molar-refractivity contribution in [2.75, 3.05) is 7.11 Å². The summed E-state index contributed by atoms with van der Waals surface area (Å²) in [5.74, 6) is 0.819. The zero-order valence-electron chi connectivity index (χ0n) is 15.4. The van der Waals surface area contributed by atoms with Gasteiger partial charge in [0.25, 0.3) is 0 Å². The van der Waals surface area contributed by atoms with Gasteiger partial charge in [-0.1, -0.05) is 39.0 Å². The van der Waals surface area contributed by atoms with Gasteiger partial charge in [0.05, 0.1) is 32.0 Å². The summed E-state index contributed by atoms with van der Waals surface area (Å²) < 4.78 is 11.0. The van der Waals surface area contributed by atoms with Gasteiger partial charge in [-0.05, 0) is 30.5 Å². The summed E-state index contributed by atoms with van der Waals surface area (Å²) in [6.07, 6.45) is 2.11. The molecule has 0 unspecified atom stereocenters. The van der Waals surface area contributed by atoms with Gasteiger partial charge >= 0.3 is 0 Å². The van der Waals surface area contributed by atoms with Crippen molar-refractivity contribution < 1.29 is 19.7 Å². The van der Waals surface area contributed by atoms with Crippen LogP contribution in [0.4, 0.5) is 0 Å². The lowest BCUT2D eigenvalue weighted by molar-refractivity contribution is -0.0229. The number of hydrogen-bond acceptors (Lipinski definition) is 4. The highest BCUT2D eigenvalue weighted by molar-refractivity contribution is 5.26. The fraction of sp³-hybridized carbons (Fsp3) is 0.600. The quantitative estimate of drug-likeness (QED) is 0.605. The minimum absolute atomic E-state index is 0.0406. The van der Waals surface area contributed by atoms with E-state index in [1.54, 1.807) is 13.2 Å². The van der Waals surface area contributed by atoms with Crippen LogP contribution in [-0.2, 0) is 11.3 Å². The summed E-state index contributed by atoms with van der Waals surface area (Å²) in [7, 11) is 1.64. The molecular formula is C20H32O4. The molecule has 0 aliphatic heterocycles. The minimum Gasteiger partial charge on any atom is -0.497 e. The molecule has 0 aliphatic carbocycles. The van der Waals surface area contributed by atoms with Gasteiger partial charge in [-0.25, -0.2) is 0 Å². The highest BCUT2D eigenvalue weighted by atomic mass is 16.5. The number of hydrogen-bond donors (Lipinski definition) is 2. The molecule has 0 saturated carbocycles. The minimum atomic E-state index is -0.621. The van der Waals surface area contributed by atoms with Crippen molar-refractivity contribution in [1.82, 2.24) is 0 Å². The summed E-state index contributed by atoms with van der Waals surface area (Å²) in [6, 6.07) is 7.75. The fourth-order valence-corrected chi connectivity index (χ4v) is 2.39. The highest BCUT2D eigenvalue weighted by Crippen LogP contribution is 2.26. The summed E-state index contributed by atoms with van der Waals surface area (Å²) in [6.45, 7) is 10.1. The Labute approximate surface area is 146 Å². The van der Waals surface area contributed by atoms with Crippen LogP contribution in [0.15, 0.2) is 36.9 Å². The molecule has 136 valence electrons. The molecule has 0 spiro atoms. The maximum atomic E-state index is 10.3. The van der Waals surface area contributed by atoms with Gasteiger partial charge in [-0.15, -0.1) is 6.58 Å². The zero-order valence-corrected chi connectivity index (χ0v) is 15.4. The Bertz CT molecular complexity index is 481. The van der Waals surface area contributed by atoms with E-state index in [0.717, 1.165) is 17.7 Å². The lowest BCUT2D eigenvalue weighted by Gasteiger charge is -2.29. The molecule has 0 bridgehead atoms. The van der Waals surface area contributed by atoms with Crippen LogP contribution in [0.3, 0.4) is 0 Å². The van der Waals surface area contributed by atoms with Gasteiger partial charge in [0.2, 0.25) is 0 Å². The number of aliphatic hydroxyl groups excluding tert-OH is 2. The molecule has 2 N–H and O–H groups in total. The molecule has 0 aliphatic rings. The summed E-state index contributed by atoms with van der Waals surface area (Å²) in [4.78, 5) is 0. The number of methoxy groups -OCH3 is 1. The van der Waals surface area contributed by atoms with Crippen molar-refractivity contribution in [1.29, 1.82) is 0 Å². The largest absolute Gasteiger partial charge is 0.497 e. The fourth-order valence-electron chi connectivity index (χ4n) is 2.39. The monoisotopic (exact) mass is 336 g/mol. The van der Waals surface area contributed by atoms with Gasteiger partial charge in [0, 0.05) is 11.8 Å². The van der Waals surface area contributed by atoms with Crippen molar-refractivity contribution >= 4 is 0 Å². The van der Waals surface area contributed by atoms with Gasteiger partial charge < -0.3 is 19.7 Å². The van der Waals surface area contributed by atoms with Gasteiger partial charge in [-0.3, -0.25) is 0 Å². The Morgan fingerprint density at radius 3 is 2.29 bits per heavy atom. The molecule has 1 rings (SSSR count). The Balaban J connectivity index is 2.46. The van der Waals surface area contributed by atoms with E-state index >= 15 is 0 Å². The predicted octanol–water partition coefficient (Wildman–Crippen LogP) is 3.70. The lowest BCUT2D eigenvalue weighted by Crippen LogP contribution is -2.32. The van der Waals surface area contributed by atoms with E-state index in [4.69, 9.17) is 9.47 Å². The maximum Gasteiger partial charge on any atom is 0.118 e. The van der Waals surface area contributed by atoms with Crippen molar-refractivity contribution in [3.8, 4) is 5.75 Å². The first-order valence-corrected chi connectivity index (χ1v) is 8.56. The zero-order chi connectivity index (χ0) is 18.2. The van der Waals surface area contributed by atoms with E-state index in [2.05, 4.69) is 6.58 Å². The predicted molar refractivity (Wildman–Crippen MR) is 97.1 cm³/mol. The van der Waals surface area contributed by atoms with E-state index in [1.165, 1.54) is 0 Å². The Hall–Kier alpha value is -1.36. The molecule has 0 saturated heterocycles. The Kier molecular flexibility index (Phi) is 8.46. The standard InChI is InChI=1S/C20H32O4/c1-6-17(12-16(21)13-19(22)20(3,4)7-2)24-14-15-8-10-18(23-5)11-9-15/h7-11,16-17,19,21-22H,2,6,12-14H2,1,3-5H3/t16-,17-,19+/m1/s1. The van der Waals surface area contributed by atoms with Crippen LogP contribution in [-0.4, -0.2) is 35.6 Å². The molecule has 0 fully saturated rings. The number of benzene rings is 1. The first kappa shape index (κ1) is 20.7.